The van der Waals surface area contributed by atoms with E-state index in [2.05, 4.69) is 4.89 Å². The van der Waals surface area contributed by atoms with Crippen molar-refractivity contribution in [3.05, 3.63) is 52.9 Å². The summed E-state index contributed by atoms with van der Waals surface area (Å²) in [5, 5.41) is 18.4. The number of ether oxygens (including phenoxy) is 1. The summed E-state index contributed by atoms with van der Waals surface area (Å²) in [6.07, 6.45) is 1.31. The third-order valence-electron chi connectivity index (χ3n) is 3.34. The van der Waals surface area contributed by atoms with Gasteiger partial charge in [0.15, 0.2) is 5.58 Å². The normalized spacial score (nSPS) is 10.6. The molecule has 3 rings (SSSR count). The second kappa shape index (κ2) is 5.42. The molecule has 2 aromatic carbocycles. The molecule has 6 heteroatoms. The maximum Gasteiger partial charge on any atom is 0.210 e. The molecule has 0 aliphatic rings. The first kappa shape index (κ1) is 14.0. The monoisotopic (exact) mass is 300 g/mol. The number of hydrogen-bond acceptors (Lipinski definition) is 6. The minimum Gasteiger partial charge on any atom is -0.508 e. The minimum atomic E-state index is -0.255. The summed E-state index contributed by atoms with van der Waals surface area (Å²) in [7, 11) is 1.38. The summed E-state index contributed by atoms with van der Waals surface area (Å²) in [5.74, 6) is 0.297. The Kier molecular flexibility index (Phi) is 3.44. The smallest absolute Gasteiger partial charge is 0.210 e. The summed E-state index contributed by atoms with van der Waals surface area (Å²) in [5.41, 5.74) is 0.901. The topological polar surface area (TPSA) is 89.1 Å². The molecule has 1 aromatic heterocycles. The molecule has 0 unspecified atom stereocenters. The fourth-order valence-electron chi connectivity index (χ4n) is 2.26. The van der Waals surface area contributed by atoms with Crippen molar-refractivity contribution < 1.29 is 24.4 Å². The summed E-state index contributed by atoms with van der Waals surface area (Å²) in [6.45, 7) is 0. The molecule has 0 amide bonds. The first-order valence-electron chi connectivity index (χ1n) is 6.39. The van der Waals surface area contributed by atoms with E-state index < -0.39 is 0 Å². The van der Waals surface area contributed by atoms with Gasteiger partial charge in [0.05, 0.1) is 18.1 Å². The number of fused-ring (bicyclic) bond motifs is 1. The Morgan fingerprint density at radius 2 is 1.82 bits per heavy atom. The largest absolute Gasteiger partial charge is 0.508 e. The second-order valence-corrected chi connectivity index (χ2v) is 4.59. The van der Waals surface area contributed by atoms with Crippen LogP contribution in [0, 0.1) is 0 Å². The molecule has 0 saturated heterocycles. The van der Waals surface area contributed by atoms with Crippen LogP contribution in [-0.2, 0) is 0 Å². The van der Waals surface area contributed by atoms with Crippen molar-refractivity contribution in [2.24, 2.45) is 0 Å². The average Bonchev–Trinajstić information content (AvgIpc) is 2.55. The zero-order valence-electron chi connectivity index (χ0n) is 11.6. The summed E-state index contributed by atoms with van der Waals surface area (Å²) in [6, 6.07) is 9.12. The van der Waals surface area contributed by atoms with Crippen molar-refractivity contribution in [1.29, 1.82) is 0 Å². The molecule has 0 saturated carbocycles. The van der Waals surface area contributed by atoms with Crippen molar-refractivity contribution in [2.45, 2.75) is 0 Å². The van der Waals surface area contributed by atoms with Crippen LogP contribution in [0.25, 0.3) is 22.1 Å². The molecule has 0 aliphatic heterocycles. The van der Waals surface area contributed by atoms with E-state index in [0.717, 1.165) is 0 Å². The van der Waals surface area contributed by atoms with Gasteiger partial charge in [0.2, 0.25) is 16.9 Å². The number of rotatable bonds is 3. The Hall–Kier alpha value is -2.99. The molecule has 0 atom stereocenters. The highest BCUT2D eigenvalue weighted by atomic mass is 17.1. The predicted octanol–water partition coefficient (Wildman–Crippen LogP) is 3.03. The van der Waals surface area contributed by atoms with Crippen LogP contribution in [0.4, 0.5) is 0 Å². The van der Waals surface area contributed by atoms with Gasteiger partial charge in [0.1, 0.15) is 12.0 Å². The van der Waals surface area contributed by atoms with E-state index in [-0.39, 0.29) is 28.3 Å². The fraction of sp³-hybridized carbons (Fsp3) is 0.0625. The lowest BCUT2D eigenvalue weighted by Gasteiger charge is -2.09. The first-order chi connectivity index (χ1) is 10.7. The third kappa shape index (κ3) is 2.15. The number of methoxy groups -OCH3 is 1. The van der Waals surface area contributed by atoms with Crippen molar-refractivity contribution in [1.82, 2.24) is 0 Å². The van der Waals surface area contributed by atoms with E-state index in [0.29, 0.717) is 16.5 Å². The maximum absolute atomic E-state index is 12.6. The molecule has 22 heavy (non-hydrogen) atoms. The average molecular weight is 300 g/mol. The van der Waals surface area contributed by atoms with Gasteiger partial charge in [-0.2, -0.15) is 0 Å². The van der Waals surface area contributed by atoms with E-state index in [9.17, 15) is 9.90 Å². The lowest BCUT2D eigenvalue weighted by Crippen LogP contribution is -2.05. The second-order valence-electron chi connectivity index (χ2n) is 4.59. The Balaban J connectivity index is 2.27. The van der Waals surface area contributed by atoms with Crippen molar-refractivity contribution in [3.8, 4) is 28.4 Å². The Labute approximate surface area is 124 Å². The zero-order valence-corrected chi connectivity index (χ0v) is 11.6. The van der Waals surface area contributed by atoms with Crippen LogP contribution in [0.2, 0.25) is 0 Å². The van der Waals surface area contributed by atoms with E-state index in [1.165, 1.54) is 37.6 Å². The van der Waals surface area contributed by atoms with Crippen LogP contribution < -0.4 is 15.1 Å². The van der Waals surface area contributed by atoms with Crippen LogP contribution in [0.1, 0.15) is 0 Å². The van der Waals surface area contributed by atoms with Crippen LogP contribution in [0.5, 0.6) is 17.2 Å². The fourth-order valence-corrected chi connectivity index (χ4v) is 2.26. The summed E-state index contributed by atoms with van der Waals surface area (Å²) in [4.78, 5) is 16.8. The van der Waals surface area contributed by atoms with Crippen LogP contribution >= 0.6 is 0 Å². The van der Waals surface area contributed by atoms with Crippen LogP contribution in [0.3, 0.4) is 0 Å². The highest BCUT2D eigenvalue weighted by Crippen LogP contribution is 2.35. The standard InChI is InChI=1S/C16H12O6/c1-20-16-13(22-19)7-6-11-14(18)12(8-21-15(11)16)9-2-4-10(17)5-3-9/h2-8,17,19H,1H3. The Morgan fingerprint density at radius 1 is 1.09 bits per heavy atom. The molecular formula is C16H12O6. The van der Waals surface area contributed by atoms with E-state index in [1.807, 2.05) is 0 Å². The van der Waals surface area contributed by atoms with Crippen LogP contribution in [-0.4, -0.2) is 17.5 Å². The van der Waals surface area contributed by atoms with Gasteiger partial charge < -0.3 is 19.1 Å². The number of benzene rings is 2. The molecule has 112 valence electrons. The molecule has 0 spiro atoms. The lowest BCUT2D eigenvalue weighted by atomic mass is 10.1. The van der Waals surface area contributed by atoms with E-state index >= 15 is 0 Å². The van der Waals surface area contributed by atoms with Gasteiger partial charge in [-0.05, 0) is 29.8 Å². The molecule has 3 aromatic rings. The van der Waals surface area contributed by atoms with Gasteiger partial charge in [-0.25, -0.2) is 5.26 Å². The Bertz CT molecular complexity index is 880. The molecule has 0 radical (unpaired) electrons. The molecule has 1 heterocycles. The molecule has 2 N–H and O–H groups in total. The van der Waals surface area contributed by atoms with Crippen LogP contribution in [0.15, 0.2) is 51.9 Å². The van der Waals surface area contributed by atoms with Crippen molar-refractivity contribution >= 4 is 11.0 Å². The number of aromatic hydroxyl groups is 1. The maximum atomic E-state index is 12.6. The van der Waals surface area contributed by atoms with E-state index in [1.54, 1.807) is 12.1 Å². The van der Waals surface area contributed by atoms with Gasteiger partial charge >= 0.3 is 0 Å². The molecule has 0 aliphatic carbocycles. The number of phenols is 1. The number of hydrogen-bond donors (Lipinski definition) is 2. The SMILES string of the molecule is COc1c(OO)ccc2c(=O)c(-c3ccc(O)cc3)coc12. The van der Waals surface area contributed by atoms with E-state index in [4.69, 9.17) is 14.4 Å². The van der Waals surface area contributed by atoms with Gasteiger partial charge in [0, 0.05) is 0 Å². The molecule has 0 fully saturated rings. The van der Waals surface area contributed by atoms with Crippen molar-refractivity contribution in [3.63, 3.8) is 0 Å². The predicted molar refractivity (Wildman–Crippen MR) is 79.4 cm³/mol. The van der Waals surface area contributed by atoms with Gasteiger partial charge in [-0.15, -0.1) is 0 Å². The summed E-state index contributed by atoms with van der Waals surface area (Å²) < 4.78 is 10.6. The highest BCUT2D eigenvalue weighted by molar-refractivity contribution is 5.88. The van der Waals surface area contributed by atoms with Gasteiger partial charge in [0.25, 0.3) is 0 Å². The molecular weight excluding hydrogens is 288 g/mol. The summed E-state index contributed by atoms with van der Waals surface area (Å²) >= 11 is 0. The molecule has 0 bridgehead atoms. The number of phenolic OH excluding ortho intramolecular Hbond substituents is 1. The third-order valence-corrected chi connectivity index (χ3v) is 3.34. The van der Waals surface area contributed by atoms with Gasteiger partial charge in [-0.1, -0.05) is 12.1 Å². The zero-order chi connectivity index (χ0) is 15.7. The first-order valence-corrected chi connectivity index (χ1v) is 6.39. The molecule has 6 nitrogen and oxygen atoms in total. The lowest BCUT2D eigenvalue weighted by molar-refractivity contribution is -0.138. The quantitative estimate of drug-likeness (QED) is 0.571. The Morgan fingerprint density at radius 3 is 2.45 bits per heavy atom. The van der Waals surface area contributed by atoms with Crippen molar-refractivity contribution in [2.75, 3.05) is 7.11 Å². The highest BCUT2D eigenvalue weighted by Gasteiger charge is 2.16. The minimum absolute atomic E-state index is 0.0514. The van der Waals surface area contributed by atoms with Gasteiger partial charge in [-0.3, -0.25) is 4.79 Å².